The molecule has 2 nitrogen and oxygen atoms in total. The summed E-state index contributed by atoms with van der Waals surface area (Å²) in [5.74, 6) is 2.75. The van der Waals surface area contributed by atoms with Gasteiger partial charge >= 0.3 is 0 Å². The molecule has 0 heterocycles. The number of carbonyl (C=O) groups excluding carboxylic acids is 1. The Balaban J connectivity index is 1.68. The monoisotopic (exact) mass is 288 g/mol. The van der Waals surface area contributed by atoms with E-state index in [0.717, 1.165) is 31.6 Å². The van der Waals surface area contributed by atoms with E-state index in [9.17, 15) is 9.90 Å². The molecular weight excluding hydrogens is 260 g/mol. The summed E-state index contributed by atoms with van der Waals surface area (Å²) in [6.07, 6.45) is 11.8. The van der Waals surface area contributed by atoms with E-state index in [-0.39, 0.29) is 22.9 Å². The van der Waals surface area contributed by atoms with E-state index in [1.807, 2.05) is 6.08 Å². The second-order valence-corrected chi connectivity index (χ2v) is 8.66. The topological polar surface area (TPSA) is 37.3 Å². The van der Waals surface area contributed by atoms with Gasteiger partial charge in [-0.25, -0.2) is 0 Å². The van der Waals surface area contributed by atoms with Crippen molar-refractivity contribution in [3.63, 3.8) is 0 Å². The predicted molar refractivity (Wildman–Crippen MR) is 82.6 cm³/mol. The van der Waals surface area contributed by atoms with Gasteiger partial charge in [0.1, 0.15) is 0 Å². The van der Waals surface area contributed by atoms with Gasteiger partial charge in [-0.2, -0.15) is 0 Å². The van der Waals surface area contributed by atoms with E-state index in [1.54, 1.807) is 0 Å². The first-order chi connectivity index (χ1) is 9.97. The van der Waals surface area contributed by atoms with Gasteiger partial charge < -0.3 is 5.11 Å². The fourth-order valence-electron chi connectivity index (χ4n) is 6.73. The average Bonchev–Trinajstić information content (AvgIpc) is 2.75. The molecule has 0 amide bonds. The smallest absolute Gasteiger partial charge is 0.159 e. The Bertz CT molecular complexity index is 496. The Morgan fingerprint density at radius 2 is 1.81 bits per heavy atom. The molecule has 0 aromatic carbocycles. The molecule has 1 N–H and O–H groups in total. The molecule has 3 fully saturated rings. The van der Waals surface area contributed by atoms with Crippen LogP contribution in [-0.2, 0) is 4.79 Å². The lowest BCUT2D eigenvalue weighted by atomic mass is 9.46. The number of rotatable bonds is 0. The van der Waals surface area contributed by atoms with Crippen LogP contribution in [0.4, 0.5) is 0 Å². The summed E-state index contributed by atoms with van der Waals surface area (Å²) in [7, 11) is 0. The number of hydrogen-bond donors (Lipinski definition) is 1. The van der Waals surface area contributed by atoms with E-state index in [2.05, 4.69) is 19.9 Å². The van der Waals surface area contributed by atoms with Gasteiger partial charge in [-0.05, 0) is 79.6 Å². The Morgan fingerprint density at radius 3 is 2.62 bits per heavy atom. The van der Waals surface area contributed by atoms with Crippen LogP contribution >= 0.6 is 0 Å². The van der Waals surface area contributed by atoms with Crippen molar-refractivity contribution in [3.05, 3.63) is 12.2 Å². The van der Waals surface area contributed by atoms with Gasteiger partial charge in [-0.1, -0.05) is 19.9 Å². The molecule has 0 aromatic heterocycles. The van der Waals surface area contributed by atoms with Crippen molar-refractivity contribution >= 4 is 5.78 Å². The minimum atomic E-state index is -0.0955. The molecule has 0 aliphatic heterocycles. The molecule has 7 atom stereocenters. The molecule has 0 radical (unpaired) electrons. The zero-order valence-corrected chi connectivity index (χ0v) is 13.3. The third kappa shape index (κ3) is 1.72. The van der Waals surface area contributed by atoms with Gasteiger partial charge in [-0.3, -0.25) is 4.79 Å². The normalized spacial score (nSPS) is 55.8. The summed E-state index contributed by atoms with van der Waals surface area (Å²) in [5, 5.41) is 10.4. The molecule has 0 saturated heterocycles. The predicted octanol–water partition coefficient (Wildman–Crippen LogP) is 3.74. The van der Waals surface area contributed by atoms with Crippen molar-refractivity contribution in [1.82, 2.24) is 0 Å². The van der Waals surface area contributed by atoms with Crippen molar-refractivity contribution in [2.75, 3.05) is 0 Å². The van der Waals surface area contributed by atoms with E-state index >= 15 is 0 Å². The highest BCUT2D eigenvalue weighted by Gasteiger charge is 2.60. The molecule has 21 heavy (non-hydrogen) atoms. The van der Waals surface area contributed by atoms with Crippen LogP contribution in [-0.4, -0.2) is 17.0 Å². The first-order valence-electron chi connectivity index (χ1n) is 8.85. The van der Waals surface area contributed by atoms with E-state index < -0.39 is 0 Å². The molecule has 4 aliphatic rings. The summed E-state index contributed by atoms with van der Waals surface area (Å²) in [4.78, 5) is 12.3. The Kier molecular flexibility index (Phi) is 2.96. The summed E-state index contributed by atoms with van der Waals surface area (Å²) in [5.41, 5.74) is 0.336. The number of hydrogen-bond acceptors (Lipinski definition) is 2. The van der Waals surface area contributed by atoms with Crippen molar-refractivity contribution in [3.8, 4) is 0 Å². The van der Waals surface area contributed by atoms with Gasteiger partial charge in [0.25, 0.3) is 0 Å². The number of aliphatic hydroxyl groups excluding tert-OH is 1. The van der Waals surface area contributed by atoms with Crippen molar-refractivity contribution < 1.29 is 9.90 Å². The molecule has 2 unspecified atom stereocenters. The summed E-state index contributed by atoms with van der Waals surface area (Å²) in [6.45, 7) is 4.70. The van der Waals surface area contributed by atoms with E-state index in [0.29, 0.717) is 17.6 Å². The molecule has 3 saturated carbocycles. The zero-order valence-electron chi connectivity index (χ0n) is 13.3. The molecule has 4 aliphatic carbocycles. The Labute approximate surface area is 128 Å². The lowest BCUT2D eigenvalue weighted by Crippen LogP contribution is -2.54. The fourth-order valence-corrected chi connectivity index (χ4v) is 6.73. The van der Waals surface area contributed by atoms with Crippen LogP contribution in [0.25, 0.3) is 0 Å². The van der Waals surface area contributed by atoms with Crippen molar-refractivity contribution in [2.24, 2.45) is 34.5 Å². The highest BCUT2D eigenvalue weighted by Crippen LogP contribution is 2.65. The number of fused-ring (bicyclic) bond motifs is 5. The minimum Gasteiger partial charge on any atom is -0.393 e. The van der Waals surface area contributed by atoms with Crippen LogP contribution in [0.3, 0.4) is 0 Å². The second-order valence-electron chi connectivity index (χ2n) is 8.66. The van der Waals surface area contributed by atoms with Gasteiger partial charge in [0.05, 0.1) is 6.10 Å². The Morgan fingerprint density at radius 1 is 1.05 bits per heavy atom. The SMILES string of the molecule is C[C@]12CC=CC(=O)C1CC[C@@H]1[C@@H]2CC[C@]2(C)C(O)CC[C@@H]12. The lowest BCUT2D eigenvalue weighted by molar-refractivity contribution is -0.140. The molecule has 0 spiro atoms. The van der Waals surface area contributed by atoms with E-state index in [1.165, 1.54) is 19.3 Å². The molecule has 0 aromatic rings. The largest absolute Gasteiger partial charge is 0.393 e. The highest BCUT2D eigenvalue weighted by atomic mass is 16.3. The highest BCUT2D eigenvalue weighted by molar-refractivity contribution is 5.93. The van der Waals surface area contributed by atoms with Crippen molar-refractivity contribution in [1.29, 1.82) is 0 Å². The Hall–Kier alpha value is -0.630. The third-order valence-electron chi connectivity index (χ3n) is 8.00. The van der Waals surface area contributed by atoms with Gasteiger partial charge in [0.2, 0.25) is 0 Å². The maximum atomic E-state index is 12.3. The minimum absolute atomic E-state index is 0.0955. The molecule has 4 rings (SSSR count). The third-order valence-corrected chi connectivity index (χ3v) is 8.00. The maximum Gasteiger partial charge on any atom is 0.159 e. The summed E-state index contributed by atoms with van der Waals surface area (Å²) in [6, 6.07) is 0. The summed E-state index contributed by atoms with van der Waals surface area (Å²) >= 11 is 0. The lowest BCUT2D eigenvalue weighted by Gasteiger charge is -2.58. The van der Waals surface area contributed by atoms with Crippen molar-refractivity contribution in [2.45, 2.75) is 64.9 Å². The first kappa shape index (κ1) is 14.0. The van der Waals surface area contributed by atoms with E-state index in [4.69, 9.17) is 0 Å². The van der Waals surface area contributed by atoms with Crippen LogP contribution in [0, 0.1) is 34.5 Å². The zero-order chi connectivity index (χ0) is 14.8. The number of ketones is 1. The molecule has 2 heteroatoms. The second kappa shape index (κ2) is 4.44. The maximum absolute atomic E-state index is 12.3. The van der Waals surface area contributed by atoms with Crippen LogP contribution in [0.5, 0.6) is 0 Å². The average molecular weight is 288 g/mol. The quantitative estimate of drug-likeness (QED) is 0.737. The first-order valence-corrected chi connectivity index (χ1v) is 8.85. The van der Waals surface area contributed by atoms with Crippen LogP contribution < -0.4 is 0 Å². The number of aliphatic hydroxyl groups is 1. The summed E-state index contributed by atoms with van der Waals surface area (Å²) < 4.78 is 0. The van der Waals surface area contributed by atoms with Gasteiger partial charge in [-0.15, -0.1) is 0 Å². The van der Waals surface area contributed by atoms with Crippen LogP contribution in [0.15, 0.2) is 12.2 Å². The van der Waals surface area contributed by atoms with Gasteiger partial charge in [0.15, 0.2) is 5.78 Å². The van der Waals surface area contributed by atoms with Gasteiger partial charge in [0, 0.05) is 5.92 Å². The van der Waals surface area contributed by atoms with Crippen LogP contribution in [0.1, 0.15) is 58.8 Å². The van der Waals surface area contributed by atoms with Crippen LogP contribution in [0.2, 0.25) is 0 Å². The fraction of sp³-hybridized carbons (Fsp3) is 0.842. The number of allylic oxidation sites excluding steroid dienone is 2. The standard InChI is InChI=1S/C19H28O2/c1-18-10-3-4-16(20)15(18)6-5-12-13-7-8-17(21)19(13,2)11-9-14(12)18/h3-4,12-15,17,21H,5-11H2,1-2H3/t12-,13-,14-,15?,17?,18+,19-/m0/s1. The number of carbonyl (C=O) groups is 1. The molecule has 116 valence electrons. The molecule has 0 bridgehead atoms. The molecular formula is C19H28O2.